The number of benzene rings is 1. The topological polar surface area (TPSA) is 54.0 Å². The Labute approximate surface area is 138 Å². The smallest absolute Gasteiger partial charge is 0.230 e. The van der Waals surface area contributed by atoms with Gasteiger partial charge in [0.25, 0.3) is 0 Å². The third-order valence-corrected chi connectivity index (χ3v) is 3.55. The van der Waals surface area contributed by atoms with Crippen molar-refractivity contribution < 1.29 is 4.79 Å². The summed E-state index contributed by atoms with van der Waals surface area (Å²) in [4.78, 5) is 16.3. The van der Waals surface area contributed by atoms with Crippen LogP contribution in [-0.4, -0.2) is 10.9 Å². The van der Waals surface area contributed by atoms with Gasteiger partial charge in [-0.25, -0.2) is 4.98 Å². The van der Waals surface area contributed by atoms with Gasteiger partial charge in [-0.3, -0.25) is 4.79 Å². The molecule has 0 spiro atoms. The van der Waals surface area contributed by atoms with E-state index in [2.05, 4.69) is 41.6 Å². The van der Waals surface area contributed by atoms with Crippen molar-refractivity contribution in [1.82, 2.24) is 4.98 Å². The minimum atomic E-state index is -0.436. The van der Waals surface area contributed by atoms with E-state index in [4.69, 9.17) is 0 Å². The van der Waals surface area contributed by atoms with Crippen molar-refractivity contribution in [3.05, 3.63) is 48.2 Å². The normalized spacial score (nSPS) is 11.4. The van der Waals surface area contributed by atoms with Crippen LogP contribution in [0.15, 0.2) is 42.6 Å². The van der Waals surface area contributed by atoms with Crippen LogP contribution in [0, 0.1) is 5.41 Å². The van der Waals surface area contributed by atoms with Crippen LogP contribution < -0.4 is 10.6 Å². The van der Waals surface area contributed by atoms with Crippen LogP contribution in [0.1, 0.15) is 46.1 Å². The molecule has 2 aromatic rings. The first-order valence-corrected chi connectivity index (χ1v) is 7.91. The van der Waals surface area contributed by atoms with Gasteiger partial charge in [0.1, 0.15) is 5.82 Å². The lowest BCUT2D eigenvalue weighted by atomic mass is 9.96. The van der Waals surface area contributed by atoms with E-state index in [9.17, 15) is 4.79 Å². The van der Waals surface area contributed by atoms with E-state index in [1.54, 1.807) is 6.20 Å². The summed E-state index contributed by atoms with van der Waals surface area (Å²) in [5.74, 6) is 0.959. The highest BCUT2D eigenvalue weighted by Crippen LogP contribution is 2.27. The Morgan fingerprint density at radius 1 is 1.09 bits per heavy atom. The molecule has 0 unspecified atom stereocenters. The maximum atomic E-state index is 12.0. The number of hydrogen-bond acceptors (Lipinski definition) is 3. The summed E-state index contributed by atoms with van der Waals surface area (Å²) in [7, 11) is 0. The van der Waals surface area contributed by atoms with E-state index in [1.807, 2.05) is 45.0 Å². The molecule has 23 heavy (non-hydrogen) atoms. The predicted octanol–water partition coefficient (Wildman–Crippen LogP) is 4.93. The number of nitrogens with one attached hydrogen (secondary N) is 2. The van der Waals surface area contributed by atoms with Crippen molar-refractivity contribution in [3.63, 3.8) is 0 Å². The molecule has 1 aromatic carbocycles. The number of nitrogens with zero attached hydrogens (tertiary/aromatic N) is 1. The molecule has 1 heterocycles. The SMILES string of the molecule is CC(C)c1ccccc1Nc1ccc(NC(=O)C(C)(C)C)nc1. The molecule has 0 aliphatic carbocycles. The zero-order chi connectivity index (χ0) is 17.0. The van der Waals surface area contributed by atoms with Gasteiger partial charge in [0.05, 0.1) is 11.9 Å². The Bertz CT molecular complexity index is 670. The fourth-order valence-electron chi connectivity index (χ4n) is 2.12. The second-order valence-electron chi connectivity index (χ2n) is 7.00. The van der Waals surface area contributed by atoms with Crippen molar-refractivity contribution in [1.29, 1.82) is 0 Å². The first-order valence-electron chi connectivity index (χ1n) is 7.91. The van der Waals surface area contributed by atoms with Crippen molar-refractivity contribution in [2.24, 2.45) is 5.41 Å². The number of rotatable bonds is 4. The van der Waals surface area contributed by atoms with Crippen LogP contribution in [0.25, 0.3) is 0 Å². The summed E-state index contributed by atoms with van der Waals surface area (Å²) < 4.78 is 0. The fraction of sp³-hybridized carbons (Fsp3) is 0.368. The quantitative estimate of drug-likeness (QED) is 0.841. The molecule has 0 radical (unpaired) electrons. The molecule has 0 saturated carbocycles. The lowest BCUT2D eigenvalue weighted by molar-refractivity contribution is -0.123. The van der Waals surface area contributed by atoms with Gasteiger partial charge in [-0.1, -0.05) is 52.8 Å². The Morgan fingerprint density at radius 2 is 1.78 bits per heavy atom. The maximum Gasteiger partial charge on any atom is 0.230 e. The van der Waals surface area contributed by atoms with E-state index in [0.29, 0.717) is 11.7 Å². The van der Waals surface area contributed by atoms with Crippen LogP contribution in [0.2, 0.25) is 0 Å². The summed E-state index contributed by atoms with van der Waals surface area (Å²) in [6, 6.07) is 12.0. The van der Waals surface area contributed by atoms with E-state index in [0.717, 1.165) is 11.4 Å². The Balaban J connectivity index is 2.11. The molecule has 122 valence electrons. The zero-order valence-electron chi connectivity index (χ0n) is 14.5. The molecule has 0 aliphatic rings. The molecule has 0 aliphatic heterocycles. The number of hydrogen-bond donors (Lipinski definition) is 2. The summed E-state index contributed by atoms with van der Waals surface area (Å²) in [5, 5.41) is 6.21. The third kappa shape index (κ3) is 4.55. The number of pyridine rings is 1. The van der Waals surface area contributed by atoms with Gasteiger partial charge in [0.2, 0.25) is 5.91 Å². The van der Waals surface area contributed by atoms with Crippen molar-refractivity contribution in [2.45, 2.75) is 40.5 Å². The second-order valence-corrected chi connectivity index (χ2v) is 7.00. The molecule has 0 fully saturated rings. The summed E-state index contributed by atoms with van der Waals surface area (Å²) in [6.07, 6.45) is 1.73. The lowest BCUT2D eigenvalue weighted by Gasteiger charge is -2.17. The zero-order valence-corrected chi connectivity index (χ0v) is 14.5. The molecular formula is C19H25N3O. The van der Waals surface area contributed by atoms with E-state index in [1.165, 1.54) is 5.56 Å². The number of para-hydroxylation sites is 1. The Morgan fingerprint density at radius 3 is 2.35 bits per heavy atom. The average Bonchev–Trinajstić information content (AvgIpc) is 2.48. The predicted molar refractivity (Wildman–Crippen MR) is 96.1 cm³/mol. The number of anilines is 3. The Hall–Kier alpha value is -2.36. The fourth-order valence-corrected chi connectivity index (χ4v) is 2.12. The molecule has 2 rings (SSSR count). The average molecular weight is 311 g/mol. The van der Waals surface area contributed by atoms with Crippen LogP contribution in [0.5, 0.6) is 0 Å². The minimum absolute atomic E-state index is 0.0455. The van der Waals surface area contributed by atoms with Gasteiger partial charge in [-0.15, -0.1) is 0 Å². The Kier molecular flexibility index (Phi) is 5.04. The van der Waals surface area contributed by atoms with Crippen molar-refractivity contribution >= 4 is 23.1 Å². The first kappa shape index (κ1) is 17.0. The number of carbonyl (C=O) groups excluding carboxylic acids is 1. The van der Waals surface area contributed by atoms with E-state index < -0.39 is 5.41 Å². The van der Waals surface area contributed by atoms with E-state index in [-0.39, 0.29) is 5.91 Å². The highest BCUT2D eigenvalue weighted by molar-refractivity contribution is 5.93. The minimum Gasteiger partial charge on any atom is -0.354 e. The monoisotopic (exact) mass is 311 g/mol. The molecule has 0 atom stereocenters. The third-order valence-electron chi connectivity index (χ3n) is 3.55. The highest BCUT2D eigenvalue weighted by Gasteiger charge is 2.21. The lowest BCUT2D eigenvalue weighted by Crippen LogP contribution is -2.27. The molecule has 2 N–H and O–H groups in total. The van der Waals surface area contributed by atoms with E-state index >= 15 is 0 Å². The van der Waals surface area contributed by atoms with Crippen LogP contribution >= 0.6 is 0 Å². The second kappa shape index (κ2) is 6.82. The van der Waals surface area contributed by atoms with Gasteiger partial charge in [0, 0.05) is 11.1 Å². The summed E-state index contributed by atoms with van der Waals surface area (Å²) >= 11 is 0. The maximum absolute atomic E-state index is 12.0. The molecule has 0 saturated heterocycles. The number of aromatic nitrogens is 1. The molecule has 4 nitrogen and oxygen atoms in total. The van der Waals surface area contributed by atoms with Gasteiger partial charge < -0.3 is 10.6 Å². The summed E-state index contributed by atoms with van der Waals surface area (Å²) in [6.45, 7) is 9.97. The number of amides is 1. The van der Waals surface area contributed by atoms with Crippen LogP contribution in [0.3, 0.4) is 0 Å². The molecule has 4 heteroatoms. The van der Waals surface area contributed by atoms with Crippen LogP contribution in [-0.2, 0) is 4.79 Å². The summed E-state index contributed by atoms with van der Waals surface area (Å²) in [5.41, 5.74) is 2.80. The first-order chi connectivity index (χ1) is 10.8. The molecular weight excluding hydrogens is 286 g/mol. The molecule has 1 amide bonds. The standard InChI is InChI=1S/C19H25N3O/c1-13(2)15-8-6-7-9-16(15)21-14-10-11-17(20-12-14)22-18(23)19(3,4)5/h6-13,21H,1-5H3,(H,20,22,23). The largest absolute Gasteiger partial charge is 0.354 e. The van der Waals surface area contributed by atoms with Crippen LogP contribution in [0.4, 0.5) is 17.2 Å². The van der Waals surface area contributed by atoms with Gasteiger partial charge in [-0.05, 0) is 29.7 Å². The van der Waals surface area contributed by atoms with Gasteiger partial charge in [0.15, 0.2) is 0 Å². The van der Waals surface area contributed by atoms with Crippen molar-refractivity contribution in [3.8, 4) is 0 Å². The highest BCUT2D eigenvalue weighted by atomic mass is 16.2. The van der Waals surface area contributed by atoms with Gasteiger partial charge >= 0.3 is 0 Å². The van der Waals surface area contributed by atoms with Crippen molar-refractivity contribution in [2.75, 3.05) is 10.6 Å². The number of carbonyl (C=O) groups is 1. The molecule has 0 bridgehead atoms. The van der Waals surface area contributed by atoms with Gasteiger partial charge in [-0.2, -0.15) is 0 Å². The molecule has 1 aromatic heterocycles.